The Bertz CT molecular complexity index is 651. The summed E-state index contributed by atoms with van der Waals surface area (Å²) < 4.78 is 2.00. The molecule has 5 nitrogen and oxygen atoms in total. The number of pyridine rings is 1. The monoisotopic (exact) mass is 291 g/mol. The van der Waals surface area contributed by atoms with E-state index >= 15 is 0 Å². The quantitative estimate of drug-likeness (QED) is 0.654. The first-order chi connectivity index (χ1) is 9.54. The van der Waals surface area contributed by atoms with Gasteiger partial charge >= 0.3 is 5.97 Å². The number of carboxylic acid groups (broad SMARTS) is 1. The van der Waals surface area contributed by atoms with Crippen molar-refractivity contribution in [3.05, 3.63) is 30.5 Å². The summed E-state index contributed by atoms with van der Waals surface area (Å²) in [5.74, 6) is -0.863. The van der Waals surface area contributed by atoms with E-state index in [2.05, 4.69) is 23.5 Å². The summed E-state index contributed by atoms with van der Waals surface area (Å²) in [7, 11) is 0. The van der Waals surface area contributed by atoms with Crippen LogP contribution in [0.25, 0.3) is 11.2 Å². The highest BCUT2D eigenvalue weighted by Crippen LogP contribution is 2.29. The standard InChI is InChI=1S/C14H17N3O2S/c1-4-5-10(3)17-13-12(9(2)6-7-15-13)16-14(17)20-8-11(18)19/h4,6-7,10H,1,5,8H2,2-3H3,(H,18,19). The van der Waals surface area contributed by atoms with Crippen molar-refractivity contribution in [2.45, 2.75) is 31.5 Å². The van der Waals surface area contributed by atoms with Crippen LogP contribution in [0.4, 0.5) is 0 Å². The van der Waals surface area contributed by atoms with Gasteiger partial charge in [-0.05, 0) is 31.9 Å². The summed E-state index contributed by atoms with van der Waals surface area (Å²) in [6, 6.07) is 2.05. The number of hydrogen-bond donors (Lipinski definition) is 1. The Morgan fingerprint density at radius 1 is 1.65 bits per heavy atom. The molecule has 20 heavy (non-hydrogen) atoms. The fourth-order valence-corrected chi connectivity index (χ4v) is 2.88. The van der Waals surface area contributed by atoms with Crippen molar-refractivity contribution >= 4 is 28.9 Å². The number of fused-ring (bicyclic) bond motifs is 1. The van der Waals surface area contributed by atoms with Crippen LogP contribution in [0.2, 0.25) is 0 Å². The predicted octanol–water partition coefficient (Wildman–Crippen LogP) is 3.05. The molecule has 106 valence electrons. The van der Waals surface area contributed by atoms with Crippen molar-refractivity contribution in [3.63, 3.8) is 0 Å². The highest BCUT2D eigenvalue weighted by atomic mass is 32.2. The molecule has 0 aliphatic rings. The normalized spacial score (nSPS) is 12.5. The summed E-state index contributed by atoms with van der Waals surface area (Å²) in [6.07, 6.45) is 4.38. The van der Waals surface area contributed by atoms with E-state index in [4.69, 9.17) is 5.11 Å². The van der Waals surface area contributed by atoms with Gasteiger partial charge < -0.3 is 9.67 Å². The number of aliphatic carboxylic acids is 1. The van der Waals surface area contributed by atoms with Gasteiger partial charge in [0, 0.05) is 12.2 Å². The third-order valence-electron chi connectivity index (χ3n) is 3.02. The lowest BCUT2D eigenvalue weighted by molar-refractivity contribution is -0.133. The molecule has 1 atom stereocenters. The Morgan fingerprint density at radius 2 is 2.40 bits per heavy atom. The van der Waals surface area contributed by atoms with Crippen LogP contribution in [0.5, 0.6) is 0 Å². The number of imidazole rings is 1. The van der Waals surface area contributed by atoms with Gasteiger partial charge in [-0.15, -0.1) is 6.58 Å². The lowest BCUT2D eigenvalue weighted by Gasteiger charge is -2.14. The maximum atomic E-state index is 10.8. The van der Waals surface area contributed by atoms with Crippen LogP contribution < -0.4 is 0 Å². The number of carbonyl (C=O) groups is 1. The maximum absolute atomic E-state index is 10.8. The van der Waals surface area contributed by atoms with E-state index < -0.39 is 5.97 Å². The van der Waals surface area contributed by atoms with Crippen LogP contribution in [-0.2, 0) is 4.79 Å². The minimum atomic E-state index is -0.852. The second kappa shape index (κ2) is 6.09. The van der Waals surface area contributed by atoms with Gasteiger partial charge in [0.2, 0.25) is 0 Å². The van der Waals surface area contributed by atoms with Gasteiger partial charge in [0.1, 0.15) is 5.52 Å². The second-order valence-corrected chi connectivity index (χ2v) is 5.56. The molecular weight excluding hydrogens is 274 g/mol. The van der Waals surface area contributed by atoms with Crippen LogP contribution in [0, 0.1) is 6.92 Å². The molecular formula is C14H17N3O2S. The first-order valence-electron chi connectivity index (χ1n) is 6.33. The van der Waals surface area contributed by atoms with Gasteiger partial charge in [-0.25, -0.2) is 9.97 Å². The molecule has 2 heterocycles. The van der Waals surface area contributed by atoms with Crippen LogP contribution in [-0.4, -0.2) is 31.4 Å². The molecule has 0 spiro atoms. The van der Waals surface area contributed by atoms with E-state index in [1.807, 2.05) is 23.6 Å². The minimum Gasteiger partial charge on any atom is -0.481 e. The Kier molecular flexibility index (Phi) is 4.44. The number of rotatable bonds is 6. The second-order valence-electron chi connectivity index (χ2n) is 4.62. The predicted molar refractivity (Wildman–Crippen MR) is 80.1 cm³/mol. The van der Waals surface area contributed by atoms with E-state index in [1.54, 1.807) is 6.20 Å². The maximum Gasteiger partial charge on any atom is 0.313 e. The highest BCUT2D eigenvalue weighted by Gasteiger charge is 2.18. The molecule has 2 rings (SSSR count). The van der Waals surface area contributed by atoms with Gasteiger partial charge in [-0.1, -0.05) is 17.8 Å². The lowest BCUT2D eigenvalue weighted by Crippen LogP contribution is -2.08. The van der Waals surface area contributed by atoms with E-state index in [0.717, 1.165) is 23.1 Å². The molecule has 0 bridgehead atoms. The van der Waals surface area contributed by atoms with Gasteiger partial charge in [0.15, 0.2) is 10.8 Å². The highest BCUT2D eigenvalue weighted by molar-refractivity contribution is 7.99. The number of thioether (sulfide) groups is 1. The molecule has 1 N–H and O–H groups in total. The molecule has 0 fully saturated rings. The Labute approximate surface area is 121 Å². The van der Waals surface area contributed by atoms with Crippen molar-refractivity contribution in [2.75, 3.05) is 5.75 Å². The number of nitrogens with zero attached hydrogens (tertiary/aromatic N) is 3. The average molecular weight is 291 g/mol. The summed E-state index contributed by atoms with van der Waals surface area (Å²) in [5.41, 5.74) is 2.67. The van der Waals surface area contributed by atoms with Crippen molar-refractivity contribution in [2.24, 2.45) is 0 Å². The third-order valence-corrected chi connectivity index (χ3v) is 3.96. The largest absolute Gasteiger partial charge is 0.481 e. The number of aromatic nitrogens is 3. The first kappa shape index (κ1) is 14.6. The van der Waals surface area contributed by atoms with Crippen molar-refractivity contribution < 1.29 is 9.90 Å². The molecule has 0 aliphatic heterocycles. The van der Waals surface area contributed by atoms with E-state index in [9.17, 15) is 4.79 Å². The SMILES string of the molecule is C=CCC(C)n1c(SCC(=O)O)nc2c(C)ccnc21. The topological polar surface area (TPSA) is 68.0 Å². The summed E-state index contributed by atoms with van der Waals surface area (Å²) in [6.45, 7) is 7.79. The van der Waals surface area contributed by atoms with Crippen LogP contribution in [0.3, 0.4) is 0 Å². The Balaban J connectivity index is 2.53. The third kappa shape index (κ3) is 2.85. The molecule has 0 radical (unpaired) electrons. The molecule has 0 amide bonds. The summed E-state index contributed by atoms with van der Waals surface area (Å²) >= 11 is 1.22. The zero-order chi connectivity index (χ0) is 14.7. The Morgan fingerprint density at radius 3 is 3.05 bits per heavy atom. The van der Waals surface area contributed by atoms with E-state index in [-0.39, 0.29) is 11.8 Å². The van der Waals surface area contributed by atoms with Gasteiger partial charge in [-0.3, -0.25) is 4.79 Å². The molecule has 6 heteroatoms. The van der Waals surface area contributed by atoms with Crippen LogP contribution >= 0.6 is 11.8 Å². The van der Waals surface area contributed by atoms with Crippen LogP contribution in [0.15, 0.2) is 30.1 Å². The lowest BCUT2D eigenvalue weighted by atomic mass is 10.2. The van der Waals surface area contributed by atoms with Crippen LogP contribution in [0.1, 0.15) is 24.9 Å². The van der Waals surface area contributed by atoms with Gasteiger partial charge in [0.05, 0.1) is 5.75 Å². The van der Waals surface area contributed by atoms with Gasteiger partial charge in [-0.2, -0.15) is 0 Å². The average Bonchev–Trinajstić information content (AvgIpc) is 2.76. The Hall–Kier alpha value is -1.82. The number of hydrogen-bond acceptors (Lipinski definition) is 4. The fraction of sp³-hybridized carbons (Fsp3) is 0.357. The van der Waals surface area contributed by atoms with E-state index in [1.165, 1.54) is 11.8 Å². The van der Waals surface area contributed by atoms with E-state index in [0.29, 0.717) is 5.16 Å². The molecule has 0 saturated carbocycles. The fourth-order valence-electron chi connectivity index (χ4n) is 2.06. The molecule has 0 aliphatic carbocycles. The minimum absolute atomic E-state index is 0.0107. The number of carboxylic acids is 1. The van der Waals surface area contributed by atoms with Crippen molar-refractivity contribution in [3.8, 4) is 0 Å². The first-order valence-corrected chi connectivity index (χ1v) is 7.32. The summed E-state index contributed by atoms with van der Waals surface area (Å²) in [5, 5.41) is 9.54. The summed E-state index contributed by atoms with van der Waals surface area (Å²) in [4.78, 5) is 19.7. The molecule has 0 aromatic carbocycles. The number of allylic oxidation sites excluding steroid dienone is 1. The molecule has 0 saturated heterocycles. The van der Waals surface area contributed by atoms with Crippen molar-refractivity contribution in [1.29, 1.82) is 0 Å². The molecule has 2 aromatic heterocycles. The van der Waals surface area contributed by atoms with Crippen molar-refractivity contribution in [1.82, 2.24) is 14.5 Å². The number of aryl methyl sites for hydroxylation is 1. The van der Waals surface area contributed by atoms with Gasteiger partial charge in [0.25, 0.3) is 0 Å². The zero-order valence-corrected chi connectivity index (χ0v) is 12.4. The molecule has 1 unspecified atom stereocenters. The zero-order valence-electron chi connectivity index (χ0n) is 11.5. The molecule has 2 aromatic rings. The smallest absolute Gasteiger partial charge is 0.313 e.